The molecule has 118 valence electrons. The zero-order chi connectivity index (χ0) is 16.2. The summed E-state index contributed by atoms with van der Waals surface area (Å²) in [5.41, 5.74) is 2.87. The van der Waals surface area contributed by atoms with Crippen molar-refractivity contribution in [1.29, 1.82) is 0 Å². The fraction of sp³-hybridized carbons (Fsp3) is 0.188. The van der Waals surface area contributed by atoms with Crippen LogP contribution in [0.4, 0.5) is 16.2 Å². The number of fused-ring (bicyclic) bond motifs is 1. The molecule has 0 saturated heterocycles. The number of anilines is 2. The Labute approximate surface area is 134 Å². The molecule has 2 aromatic rings. The highest BCUT2D eigenvalue weighted by molar-refractivity contribution is 6.61. The van der Waals surface area contributed by atoms with Crippen molar-refractivity contribution >= 4 is 30.0 Å². The van der Waals surface area contributed by atoms with Gasteiger partial charge in [0.1, 0.15) is 5.75 Å². The number of hydrogen-bond donors (Lipinski definition) is 3. The van der Waals surface area contributed by atoms with E-state index < -0.39 is 7.12 Å². The van der Waals surface area contributed by atoms with E-state index in [1.54, 1.807) is 36.4 Å². The van der Waals surface area contributed by atoms with Gasteiger partial charge in [0.05, 0.1) is 13.2 Å². The van der Waals surface area contributed by atoms with Crippen LogP contribution in [0.2, 0.25) is 0 Å². The first kappa shape index (κ1) is 15.4. The Balaban J connectivity index is 1.62. The molecule has 1 aliphatic heterocycles. The van der Waals surface area contributed by atoms with E-state index in [0.717, 1.165) is 11.3 Å². The molecule has 0 fully saturated rings. The minimum Gasteiger partial charge on any atom is -0.494 e. The number of rotatable bonds is 4. The van der Waals surface area contributed by atoms with Crippen LogP contribution in [0.1, 0.15) is 12.5 Å². The molecule has 7 heteroatoms. The van der Waals surface area contributed by atoms with Crippen molar-refractivity contribution < 1.29 is 19.2 Å². The SMILES string of the molecule is CCOc1ccc(NC(=O)Nc2ccc3c(c2)B(O)OC3)cc1. The zero-order valence-electron chi connectivity index (χ0n) is 12.7. The Hall–Kier alpha value is -2.51. The summed E-state index contributed by atoms with van der Waals surface area (Å²) in [6.07, 6.45) is 0. The number of hydrogen-bond acceptors (Lipinski definition) is 4. The summed E-state index contributed by atoms with van der Waals surface area (Å²) in [6.45, 7) is 2.90. The topological polar surface area (TPSA) is 79.8 Å². The quantitative estimate of drug-likeness (QED) is 0.754. The molecule has 0 bridgehead atoms. The number of amides is 2. The van der Waals surface area contributed by atoms with Gasteiger partial charge in [-0.3, -0.25) is 0 Å². The van der Waals surface area contributed by atoms with E-state index in [0.29, 0.717) is 30.1 Å². The highest BCUT2D eigenvalue weighted by atomic mass is 16.5. The summed E-state index contributed by atoms with van der Waals surface area (Å²) in [6, 6.07) is 12.1. The molecule has 0 aliphatic carbocycles. The van der Waals surface area contributed by atoms with Crippen LogP contribution in [0.3, 0.4) is 0 Å². The van der Waals surface area contributed by atoms with Gasteiger partial charge in [-0.2, -0.15) is 0 Å². The first-order chi connectivity index (χ1) is 11.2. The van der Waals surface area contributed by atoms with Crippen LogP contribution in [-0.2, 0) is 11.3 Å². The van der Waals surface area contributed by atoms with E-state index >= 15 is 0 Å². The number of carbonyl (C=O) groups excluding carboxylic acids is 1. The molecule has 0 spiro atoms. The molecule has 6 nitrogen and oxygen atoms in total. The lowest BCUT2D eigenvalue weighted by Gasteiger charge is -2.10. The normalized spacial score (nSPS) is 12.7. The lowest BCUT2D eigenvalue weighted by Crippen LogP contribution is -2.29. The number of urea groups is 1. The van der Waals surface area contributed by atoms with Gasteiger partial charge in [-0.15, -0.1) is 0 Å². The van der Waals surface area contributed by atoms with Crippen molar-refractivity contribution in [2.24, 2.45) is 0 Å². The summed E-state index contributed by atoms with van der Waals surface area (Å²) in [7, 11) is -0.930. The van der Waals surface area contributed by atoms with E-state index in [9.17, 15) is 9.82 Å². The minimum absolute atomic E-state index is 0.359. The summed E-state index contributed by atoms with van der Waals surface area (Å²) >= 11 is 0. The first-order valence-corrected chi connectivity index (χ1v) is 7.39. The lowest BCUT2D eigenvalue weighted by molar-refractivity contribution is 0.262. The largest absolute Gasteiger partial charge is 0.494 e. The second kappa shape index (κ2) is 6.72. The third-order valence-corrected chi connectivity index (χ3v) is 3.49. The van der Waals surface area contributed by atoms with Crippen molar-refractivity contribution in [1.82, 2.24) is 0 Å². The summed E-state index contributed by atoms with van der Waals surface area (Å²) in [5.74, 6) is 0.756. The number of benzene rings is 2. The maximum atomic E-state index is 12.0. The van der Waals surface area contributed by atoms with Gasteiger partial charge in [-0.1, -0.05) is 6.07 Å². The molecule has 3 rings (SSSR count). The lowest BCUT2D eigenvalue weighted by atomic mass is 9.79. The van der Waals surface area contributed by atoms with Crippen molar-refractivity contribution in [3.05, 3.63) is 48.0 Å². The minimum atomic E-state index is -0.930. The molecule has 0 aromatic heterocycles. The Morgan fingerprint density at radius 1 is 1.22 bits per heavy atom. The molecular formula is C16H17BN2O4. The smallest absolute Gasteiger partial charge is 0.491 e. The van der Waals surface area contributed by atoms with Gasteiger partial charge in [-0.25, -0.2) is 4.79 Å². The molecule has 0 unspecified atom stereocenters. The monoisotopic (exact) mass is 312 g/mol. The van der Waals surface area contributed by atoms with Crippen molar-refractivity contribution in [2.75, 3.05) is 17.2 Å². The fourth-order valence-corrected chi connectivity index (χ4v) is 2.39. The molecule has 0 atom stereocenters. The van der Waals surface area contributed by atoms with E-state index in [1.165, 1.54) is 0 Å². The standard InChI is InChI=1S/C16H17BN2O4/c1-2-22-14-7-5-12(6-8-14)18-16(20)19-13-4-3-11-10-23-17(21)15(11)9-13/h3-9,21H,2,10H2,1H3,(H2,18,19,20). The maximum absolute atomic E-state index is 12.0. The Morgan fingerprint density at radius 3 is 2.65 bits per heavy atom. The predicted octanol–water partition coefficient (Wildman–Crippen LogP) is 1.95. The van der Waals surface area contributed by atoms with Crippen molar-refractivity contribution in [2.45, 2.75) is 13.5 Å². The third kappa shape index (κ3) is 3.64. The van der Waals surface area contributed by atoms with Gasteiger partial charge in [0, 0.05) is 11.4 Å². The van der Waals surface area contributed by atoms with Crippen LogP contribution in [-0.4, -0.2) is 24.8 Å². The second-order valence-electron chi connectivity index (χ2n) is 5.11. The molecule has 3 N–H and O–H groups in total. The molecule has 0 radical (unpaired) electrons. The zero-order valence-corrected chi connectivity index (χ0v) is 12.7. The highest BCUT2D eigenvalue weighted by Gasteiger charge is 2.27. The highest BCUT2D eigenvalue weighted by Crippen LogP contribution is 2.17. The summed E-state index contributed by atoms with van der Waals surface area (Å²) < 4.78 is 10.5. The van der Waals surface area contributed by atoms with Crippen LogP contribution in [0.5, 0.6) is 5.75 Å². The first-order valence-electron chi connectivity index (χ1n) is 7.39. The third-order valence-electron chi connectivity index (χ3n) is 3.49. The maximum Gasteiger partial charge on any atom is 0.491 e. The van der Waals surface area contributed by atoms with Crippen LogP contribution in [0.25, 0.3) is 0 Å². The molecule has 1 aliphatic rings. The van der Waals surface area contributed by atoms with E-state index in [1.807, 2.05) is 13.0 Å². The number of nitrogens with one attached hydrogen (secondary N) is 2. The molecular weight excluding hydrogens is 295 g/mol. The van der Waals surface area contributed by atoms with E-state index in [4.69, 9.17) is 9.39 Å². The average molecular weight is 312 g/mol. The van der Waals surface area contributed by atoms with Gasteiger partial charge < -0.3 is 25.0 Å². The molecule has 2 aromatic carbocycles. The van der Waals surface area contributed by atoms with Crippen LogP contribution >= 0.6 is 0 Å². The van der Waals surface area contributed by atoms with Crippen LogP contribution in [0.15, 0.2) is 42.5 Å². The van der Waals surface area contributed by atoms with Gasteiger partial charge >= 0.3 is 13.1 Å². The molecule has 23 heavy (non-hydrogen) atoms. The van der Waals surface area contributed by atoms with Gasteiger partial charge in [0.2, 0.25) is 0 Å². The van der Waals surface area contributed by atoms with Crippen LogP contribution < -0.4 is 20.8 Å². The predicted molar refractivity (Wildman–Crippen MR) is 89.1 cm³/mol. The van der Waals surface area contributed by atoms with E-state index in [2.05, 4.69) is 10.6 Å². The number of carbonyl (C=O) groups is 1. The Morgan fingerprint density at radius 2 is 1.91 bits per heavy atom. The van der Waals surface area contributed by atoms with Crippen molar-refractivity contribution in [3.63, 3.8) is 0 Å². The molecule has 2 amide bonds. The average Bonchev–Trinajstić information content (AvgIpc) is 2.90. The van der Waals surface area contributed by atoms with Gasteiger partial charge in [0.25, 0.3) is 0 Å². The second-order valence-corrected chi connectivity index (χ2v) is 5.11. The van der Waals surface area contributed by atoms with E-state index in [-0.39, 0.29) is 6.03 Å². The molecule has 0 saturated carbocycles. The Kier molecular flexibility index (Phi) is 4.50. The van der Waals surface area contributed by atoms with Crippen LogP contribution in [0, 0.1) is 0 Å². The molecule has 1 heterocycles. The van der Waals surface area contributed by atoms with Gasteiger partial charge in [0.15, 0.2) is 0 Å². The van der Waals surface area contributed by atoms with Gasteiger partial charge in [-0.05, 0) is 54.3 Å². The fourth-order valence-electron chi connectivity index (χ4n) is 2.39. The Bertz CT molecular complexity index is 706. The number of ether oxygens (including phenoxy) is 1. The summed E-state index contributed by atoms with van der Waals surface area (Å²) in [5, 5.41) is 15.2. The summed E-state index contributed by atoms with van der Waals surface area (Å²) in [4.78, 5) is 12.0. The van der Waals surface area contributed by atoms with Crippen molar-refractivity contribution in [3.8, 4) is 5.75 Å².